The van der Waals surface area contributed by atoms with Gasteiger partial charge in [0, 0.05) is 16.4 Å². The summed E-state index contributed by atoms with van der Waals surface area (Å²) < 4.78 is 3.35. The van der Waals surface area contributed by atoms with Crippen LogP contribution in [0.2, 0.25) is 0 Å². The summed E-state index contributed by atoms with van der Waals surface area (Å²) in [6.07, 6.45) is 1.83. The van der Waals surface area contributed by atoms with Crippen molar-refractivity contribution >= 4 is 49.2 Å². The summed E-state index contributed by atoms with van der Waals surface area (Å²) in [5.41, 5.74) is 2.15. The summed E-state index contributed by atoms with van der Waals surface area (Å²) in [6.45, 7) is 0. The number of hydrogen-bond acceptors (Lipinski definition) is 4. The topological polar surface area (TPSA) is 25.8 Å². The van der Waals surface area contributed by atoms with E-state index in [0.29, 0.717) is 0 Å². The summed E-state index contributed by atoms with van der Waals surface area (Å²) in [7, 11) is 0. The van der Waals surface area contributed by atoms with Gasteiger partial charge >= 0.3 is 0 Å². The fourth-order valence-corrected chi connectivity index (χ4v) is 3.76. The van der Waals surface area contributed by atoms with Gasteiger partial charge in [-0.15, -0.1) is 11.3 Å². The van der Waals surface area contributed by atoms with Crippen LogP contribution < -0.4 is 0 Å². The number of thiazole rings is 1. The van der Waals surface area contributed by atoms with E-state index < -0.39 is 0 Å². The van der Waals surface area contributed by atoms with Gasteiger partial charge in [0.05, 0.1) is 15.9 Å². The van der Waals surface area contributed by atoms with Crippen molar-refractivity contribution in [1.82, 2.24) is 9.97 Å². The van der Waals surface area contributed by atoms with E-state index in [-0.39, 0.29) is 0 Å². The lowest BCUT2D eigenvalue weighted by Crippen LogP contribution is -1.84. The van der Waals surface area contributed by atoms with Crippen molar-refractivity contribution in [2.45, 2.75) is 10.1 Å². The molecule has 0 spiro atoms. The fraction of sp³-hybridized carbons (Fsp3) is 0.0769. The smallest absolute Gasteiger partial charge is 0.151 e. The molecule has 18 heavy (non-hydrogen) atoms. The number of aromatic nitrogens is 2. The number of fused-ring (bicyclic) bond motifs is 1. The van der Waals surface area contributed by atoms with Crippen molar-refractivity contribution in [2.24, 2.45) is 0 Å². The fourth-order valence-electron chi connectivity index (χ4n) is 1.54. The normalized spacial score (nSPS) is 10.9. The Kier molecular flexibility index (Phi) is 3.63. The first kappa shape index (κ1) is 12.1. The maximum absolute atomic E-state index is 4.59. The first-order valence-electron chi connectivity index (χ1n) is 5.40. The highest BCUT2D eigenvalue weighted by molar-refractivity contribution is 9.10. The Morgan fingerprint density at radius 3 is 2.83 bits per heavy atom. The van der Waals surface area contributed by atoms with Crippen LogP contribution in [0.5, 0.6) is 0 Å². The number of benzene rings is 1. The third kappa shape index (κ3) is 2.74. The average molecular weight is 337 g/mol. The molecule has 90 valence electrons. The SMILES string of the molecule is Brc1ccc(CSc2nc3ccccc3s2)nc1. The minimum absolute atomic E-state index is 0.854. The molecule has 0 bridgehead atoms. The molecular weight excluding hydrogens is 328 g/mol. The number of thioether (sulfide) groups is 1. The summed E-state index contributed by atoms with van der Waals surface area (Å²) in [4.78, 5) is 8.95. The van der Waals surface area contributed by atoms with Crippen LogP contribution in [0, 0.1) is 0 Å². The summed E-state index contributed by atoms with van der Waals surface area (Å²) >= 11 is 6.85. The molecule has 0 saturated carbocycles. The Balaban J connectivity index is 1.74. The van der Waals surface area contributed by atoms with Crippen LogP contribution in [0.4, 0.5) is 0 Å². The van der Waals surface area contributed by atoms with Crippen molar-refractivity contribution in [3.8, 4) is 0 Å². The molecule has 3 aromatic rings. The Hall–Kier alpha value is -0.910. The van der Waals surface area contributed by atoms with Crippen LogP contribution in [-0.2, 0) is 5.75 Å². The first-order chi connectivity index (χ1) is 8.81. The highest BCUT2D eigenvalue weighted by atomic mass is 79.9. The number of nitrogens with zero attached hydrogens (tertiary/aromatic N) is 2. The number of hydrogen-bond donors (Lipinski definition) is 0. The number of pyridine rings is 1. The zero-order valence-electron chi connectivity index (χ0n) is 9.34. The molecule has 5 heteroatoms. The highest BCUT2D eigenvalue weighted by Crippen LogP contribution is 2.30. The summed E-state index contributed by atoms with van der Waals surface area (Å²) in [6, 6.07) is 12.3. The second-order valence-corrected chi connectivity index (χ2v) is 6.87. The Bertz CT molecular complexity index is 631. The average Bonchev–Trinajstić information content (AvgIpc) is 2.81. The molecule has 0 N–H and O–H groups in total. The van der Waals surface area contributed by atoms with Gasteiger partial charge in [0.25, 0.3) is 0 Å². The van der Waals surface area contributed by atoms with E-state index >= 15 is 0 Å². The molecule has 0 atom stereocenters. The molecule has 2 nitrogen and oxygen atoms in total. The molecule has 3 rings (SSSR count). The predicted octanol–water partition coefficient (Wildman–Crippen LogP) is 4.75. The largest absolute Gasteiger partial charge is 0.259 e. The third-order valence-electron chi connectivity index (χ3n) is 2.41. The number of rotatable bonds is 3. The zero-order valence-corrected chi connectivity index (χ0v) is 12.6. The second kappa shape index (κ2) is 5.38. The van der Waals surface area contributed by atoms with Crippen LogP contribution >= 0.6 is 39.0 Å². The zero-order chi connectivity index (χ0) is 12.4. The first-order valence-corrected chi connectivity index (χ1v) is 7.99. The Labute approximate surface area is 122 Å². The van der Waals surface area contributed by atoms with Gasteiger partial charge < -0.3 is 0 Å². The minimum atomic E-state index is 0.854. The monoisotopic (exact) mass is 336 g/mol. The molecule has 2 heterocycles. The molecule has 0 saturated heterocycles. The van der Waals surface area contributed by atoms with Crippen molar-refractivity contribution in [2.75, 3.05) is 0 Å². The van der Waals surface area contributed by atoms with E-state index in [2.05, 4.69) is 32.0 Å². The molecule has 0 unspecified atom stereocenters. The van der Waals surface area contributed by atoms with Crippen LogP contribution in [0.3, 0.4) is 0 Å². The van der Waals surface area contributed by atoms with E-state index in [9.17, 15) is 0 Å². The molecule has 0 aliphatic carbocycles. The lowest BCUT2D eigenvalue weighted by atomic mass is 10.3. The molecule has 0 fully saturated rings. The van der Waals surface area contributed by atoms with Gasteiger partial charge in [-0.2, -0.15) is 0 Å². The van der Waals surface area contributed by atoms with Crippen molar-refractivity contribution in [1.29, 1.82) is 0 Å². The number of para-hydroxylation sites is 1. The second-order valence-electron chi connectivity index (χ2n) is 3.70. The lowest BCUT2D eigenvalue weighted by Gasteiger charge is -1.97. The van der Waals surface area contributed by atoms with Gasteiger partial charge in [-0.25, -0.2) is 4.98 Å². The molecular formula is C13H9BrN2S2. The minimum Gasteiger partial charge on any atom is -0.259 e. The molecule has 1 aromatic carbocycles. The Morgan fingerprint density at radius 1 is 1.17 bits per heavy atom. The van der Waals surface area contributed by atoms with Crippen molar-refractivity contribution in [3.63, 3.8) is 0 Å². The van der Waals surface area contributed by atoms with E-state index in [1.165, 1.54) is 4.70 Å². The van der Waals surface area contributed by atoms with Crippen LogP contribution in [-0.4, -0.2) is 9.97 Å². The van der Waals surface area contributed by atoms with Gasteiger partial charge in [-0.3, -0.25) is 4.98 Å². The summed E-state index contributed by atoms with van der Waals surface area (Å²) in [5.74, 6) is 0.854. The molecule has 0 amide bonds. The lowest BCUT2D eigenvalue weighted by molar-refractivity contribution is 1.16. The highest BCUT2D eigenvalue weighted by Gasteiger charge is 2.04. The maximum Gasteiger partial charge on any atom is 0.151 e. The molecule has 0 radical (unpaired) electrons. The van der Waals surface area contributed by atoms with Gasteiger partial charge in [0.1, 0.15) is 0 Å². The van der Waals surface area contributed by atoms with E-state index in [4.69, 9.17) is 0 Å². The van der Waals surface area contributed by atoms with Crippen molar-refractivity contribution in [3.05, 3.63) is 52.8 Å². The maximum atomic E-state index is 4.59. The third-order valence-corrected chi connectivity index (χ3v) is 5.09. The molecule has 0 aliphatic heterocycles. The quantitative estimate of drug-likeness (QED) is 0.645. The predicted molar refractivity (Wildman–Crippen MR) is 81.1 cm³/mol. The van der Waals surface area contributed by atoms with Gasteiger partial charge in [-0.05, 0) is 40.2 Å². The van der Waals surface area contributed by atoms with Gasteiger partial charge in [-0.1, -0.05) is 23.9 Å². The van der Waals surface area contributed by atoms with E-state index in [0.717, 1.165) is 25.8 Å². The van der Waals surface area contributed by atoms with Crippen LogP contribution in [0.15, 0.2) is 51.4 Å². The van der Waals surface area contributed by atoms with Crippen molar-refractivity contribution < 1.29 is 0 Å². The standard InChI is InChI=1S/C13H9BrN2S2/c14-9-5-6-10(15-7-9)8-17-13-16-11-3-1-2-4-12(11)18-13/h1-7H,8H2. The summed E-state index contributed by atoms with van der Waals surface area (Å²) in [5, 5.41) is 0. The van der Waals surface area contributed by atoms with Crippen LogP contribution in [0.1, 0.15) is 5.69 Å². The van der Waals surface area contributed by atoms with Gasteiger partial charge in [0.2, 0.25) is 0 Å². The molecule has 2 aromatic heterocycles. The van der Waals surface area contributed by atoms with E-state index in [1.54, 1.807) is 23.1 Å². The Morgan fingerprint density at radius 2 is 2.06 bits per heavy atom. The van der Waals surface area contributed by atoms with Crippen LogP contribution in [0.25, 0.3) is 10.2 Å². The number of halogens is 1. The van der Waals surface area contributed by atoms with Gasteiger partial charge in [0.15, 0.2) is 4.34 Å². The molecule has 0 aliphatic rings. The van der Waals surface area contributed by atoms with E-state index in [1.807, 2.05) is 36.5 Å².